The lowest BCUT2D eigenvalue weighted by atomic mass is 10.0. The Labute approximate surface area is 178 Å². The second-order valence-electron chi connectivity index (χ2n) is 7.56. The molecule has 5 heterocycles. The number of aryl methyl sites for hydroxylation is 1. The minimum absolute atomic E-state index is 0.168. The number of imidazole rings is 1. The lowest BCUT2D eigenvalue weighted by Crippen LogP contribution is -2.35. The first-order valence-corrected chi connectivity index (χ1v) is 11.0. The number of pyridine rings is 1. The molecule has 0 aliphatic carbocycles. The summed E-state index contributed by atoms with van der Waals surface area (Å²) in [6.07, 6.45) is 9.04. The number of likely N-dealkylation sites (tertiary alicyclic amines) is 1. The fraction of sp³-hybridized carbons (Fsp3) is 0.333. The van der Waals surface area contributed by atoms with E-state index in [9.17, 15) is 4.79 Å². The van der Waals surface area contributed by atoms with Crippen LogP contribution >= 0.6 is 11.3 Å². The number of rotatable bonds is 5. The highest BCUT2D eigenvalue weighted by atomic mass is 32.1. The summed E-state index contributed by atoms with van der Waals surface area (Å²) in [5.74, 6) is 0.562. The molecular formula is C21H23N7OS. The Balaban J connectivity index is 1.23. The maximum atomic E-state index is 12.5. The monoisotopic (exact) mass is 421 g/mol. The molecule has 4 aromatic rings. The van der Waals surface area contributed by atoms with Crippen LogP contribution in [0.1, 0.15) is 40.6 Å². The molecule has 1 N–H and O–H groups in total. The SMILES string of the molecule is Cc1nc2sccn2c1CN1CCC(n2nccc2NC(=O)c2cccnc2)CC1. The second-order valence-corrected chi connectivity index (χ2v) is 8.44. The van der Waals surface area contributed by atoms with E-state index >= 15 is 0 Å². The van der Waals surface area contributed by atoms with Crippen molar-refractivity contribution < 1.29 is 4.79 Å². The molecule has 1 fully saturated rings. The number of piperidine rings is 1. The van der Waals surface area contributed by atoms with Crippen LogP contribution in [0.3, 0.4) is 0 Å². The van der Waals surface area contributed by atoms with Crippen LogP contribution < -0.4 is 5.32 Å². The van der Waals surface area contributed by atoms with Crippen molar-refractivity contribution in [2.24, 2.45) is 0 Å². The maximum absolute atomic E-state index is 12.5. The molecule has 0 radical (unpaired) electrons. The van der Waals surface area contributed by atoms with Crippen molar-refractivity contribution in [3.8, 4) is 0 Å². The second kappa shape index (κ2) is 8.00. The van der Waals surface area contributed by atoms with Crippen molar-refractivity contribution in [1.29, 1.82) is 0 Å². The molecule has 0 spiro atoms. The highest BCUT2D eigenvalue weighted by Gasteiger charge is 2.24. The van der Waals surface area contributed by atoms with Crippen LogP contribution in [-0.4, -0.2) is 48.0 Å². The summed E-state index contributed by atoms with van der Waals surface area (Å²) >= 11 is 1.67. The molecule has 0 bridgehead atoms. The van der Waals surface area contributed by atoms with Crippen LogP contribution in [0, 0.1) is 6.92 Å². The lowest BCUT2D eigenvalue weighted by molar-refractivity contribution is 0.102. The number of carbonyl (C=O) groups excluding carboxylic acids is 1. The Morgan fingerprint density at radius 1 is 1.27 bits per heavy atom. The van der Waals surface area contributed by atoms with Crippen molar-refractivity contribution in [2.45, 2.75) is 32.4 Å². The van der Waals surface area contributed by atoms with Gasteiger partial charge in [0.1, 0.15) is 5.82 Å². The number of carbonyl (C=O) groups is 1. The van der Waals surface area contributed by atoms with E-state index in [1.807, 2.05) is 10.7 Å². The van der Waals surface area contributed by atoms with Gasteiger partial charge in [-0.1, -0.05) is 0 Å². The number of nitrogens with one attached hydrogen (secondary N) is 1. The van der Waals surface area contributed by atoms with Crippen LogP contribution in [0.15, 0.2) is 48.4 Å². The summed E-state index contributed by atoms with van der Waals surface area (Å²) in [5, 5.41) is 9.54. The predicted molar refractivity (Wildman–Crippen MR) is 116 cm³/mol. The molecule has 1 saturated heterocycles. The van der Waals surface area contributed by atoms with Crippen LogP contribution in [0.4, 0.5) is 5.82 Å². The van der Waals surface area contributed by atoms with Gasteiger partial charge in [0.15, 0.2) is 4.96 Å². The highest BCUT2D eigenvalue weighted by Crippen LogP contribution is 2.27. The molecule has 154 valence electrons. The minimum atomic E-state index is -0.168. The van der Waals surface area contributed by atoms with Gasteiger partial charge >= 0.3 is 0 Å². The fourth-order valence-corrected chi connectivity index (χ4v) is 4.83. The van der Waals surface area contributed by atoms with E-state index in [2.05, 4.69) is 48.2 Å². The van der Waals surface area contributed by atoms with E-state index in [1.165, 1.54) is 5.69 Å². The summed E-state index contributed by atoms with van der Waals surface area (Å²) < 4.78 is 4.15. The van der Waals surface area contributed by atoms with Gasteiger partial charge in [-0.3, -0.25) is 19.1 Å². The van der Waals surface area contributed by atoms with Crippen molar-refractivity contribution >= 4 is 28.0 Å². The molecule has 0 atom stereocenters. The largest absolute Gasteiger partial charge is 0.307 e. The van der Waals surface area contributed by atoms with Gasteiger partial charge in [-0.05, 0) is 31.9 Å². The normalized spacial score (nSPS) is 15.6. The van der Waals surface area contributed by atoms with Crippen LogP contribution in [0.5, 0.6) is 0 Å². The molecule has 1 aliphatic heterocycles. The van der Waals surface area contributed by atoms with Crippen molar-refractivity contribution in [2.75, 3.05) is 18.4 Å². The molecule has 1 aliphatic rings. The number of anilines is 1. The first kappa shape index (κ1) is 19.0. The zero-order chi connectivity index (χ0) is 20.5. The van der Waals surface area contributed by atoms with Crippen molar-refractivity contribution in [3.05, 3.63) is 65.3 Å². The topological polar surface area (TPSA) is 80.4 Å². The average Bonchev–Trinajstić information content (AvgIpc) is 3.48. The fourth-order valence-electron chi connectivity index (χ4n) is 4.05. The van der Waals surface area contributed by atoms with Crippen LogP contribution in [-0.2, 0) is 6.54 Å². The van der Waals surface area contributed by atoms with E-state index in [4.69, 9.17) is 0 Å². The lowest BCUT2D eigenvalue weighted by Gasteiger charge is -2.32. The Bertz CT molecular complexity index is 1150. The summed E-state index contributed by atoms with van der Waals surface area (Å²) in [7, 11) is 0. The molecule has 9 heteroatoms. The van der Waals surface area contributed by atoms with Gasteiger partial charge in [0.05, 0.1) is 29.2 Å². The van der Waals surface area contributed by atoms with Crippen LogP contribution in [0.2, 0.25) is 0 Å². The first-order valence-electron chi connectivity index (χ1n) is 10.1. The summed E-state index contributed by atoms with van der Waals surface area (Å²) in [5.41, 5.74) is 2.92. The third-order valence-corrected chi connectivity index (χ3v) is 6.43. The number of hydrogen-bond donors (Lipinski definition) is 1. The third-order valence-electron chi connectivity index (χ3n) is 5.67. The Morgan fingerprint density at radius 2 is 2.13 bits per heavy atom. The minimum Gasteiger partial charge on any atom is -0.307 e. The van der Waals surface area contributed by atoms with E-state index < -0.39 is 0 Å². The Kier molecular flexibility index (Phi) is 5.06. The molecule has 8 nitrogen and oxygen atoms in total. The Morgan fingerprint density at radius 3 is 2.93 bits per heavy atom. The van der Waals surface area contributed by atoms with Crippen LogP contribution in [0.25, 0.3) is 4.96 Å². The molecule has 0 unspecified atom stereocenters. The van der Waals surface area contributed by atoms with E-state index in [-0.39, 0.29) is 11.9 Å². The summed E-state index contributed by atoms with van der Waals surface area (Å²) in [4.78, 5) is 24.7. The number of nitrogens with zero attached hydrogens (tertiary/aromatic N) is 6. The zero-order valence-corrected chi connectivity index (χ0v) is 17.5. The van der Waals surface area contributed by atoms with Crippen molar-refractivity contribution in [1.82, 2.24) is 29.0 Å². The van der Waals surface area contributed by atoms with Gasteiger partial charge < -0.3 is 5.32 Å². The van der Waals surface area contributed by atoms with E-state index in [1.54, 1.807) is 42.1 Å². The number of hydrogen-bond acceptors (Lipinski definition) is 6. The number of thiazole rings is 1. The van der Waals surface area contributed by atoms with Gasteiger partial charge in [-0.2, -0.15) is 5.10 Å². The average molecular weight is 422 g/mol. The summed E-state index contributed by atoms with van der Waals surface area (Å²) in [6.45, 7) is 4.96. The maximum Gasteiger partial charge on any atom is 0.258 e. The third kappa shape index (κ3) is 3.61. The molecule has 30 heavy (non-hydrogen) atoms. The molecule has 1 amide bonds. The van der Waals surface area contributed by atoms with Crippen molar-refractivity contribution in [3.63, 3.8) is 0 Å². The van der Waals surface area contributed by atoms with E-state index in [0.717, 1.165) is 48.9 Å². The quantitative estimate of drug-likeness (QED) is 0.534. The number of fused-ring (bicyclic) bond motifs is 1. The molecule has 0 saturated carbocycles. The van der Waals surface area contributed by atoms with Gasteiger partial charge in [-0.15, -0.1) is 11.3 Å². The molecule has 5 rings (SSSR count). The smallest absolute Gasteiger partial charge is 0.258 e. The Hall–Kier alpha value is -3.04. The summed E-state index contributed by atoms with van der Waals surface area (Å²) in [6, 6.07) is 5.63. The predicted octanol–water partition coefficient (Wildman–Crippen LogP) is 3.39. The van der Waals surface area contributed by atoms with E-state index in [0.29, 0.717) is 5.56 Å². The first-order chi connectivity index (χ1) is 14.7. The zero-order valence-electron chi connectivity index (χ0n) is 16.7. The van der Waals surface area contributed by atoms with Gasteiger partial charge in [0.25, 0.3) is 5.91 Å². The molecule has 4 aromatic heterocycles. The molecule has 0 aromatic carbocycles. The number of aromatic nitrogens is 5. The molecular weight excluding hydrogens is 398 g/mol. The van der Waals surface area contributed by atoms with Gasteiger partial charge in [0, 0.05) is 49.7 Å². The highest BCUT2D eigenvalue weighted by molar-refractivity contribution is 7.15. The standard InChI is InChI=1S/C21H23N7OS/c1-15-18(27-11-12-30-21(27)24-15)14-26-9-5-17(6-10-26)28-19(4-8-23-28)25-20(29)16-3-2-7-22-13-16/h2-4,7-8,11-13,17H,5-6,9-10,14H2,1H3,(H,25,29). The van der Waals surface area contributed by atoms with Gasteiger partial charge in [-0.25, -0.2) is 9.67 Å². The van der Waals surface area contributed by atoms with Gasteiger partial charge in [0.2, 0.25) is 0 Å². The number of amides is 1.